The van der Waals surface area contributed by atoms with E-state index in [9.17, 15) is 0 Å². The highest BCUT2D eigenvalue weighted by Crippen LogP contribution is 2.20. The molecule has 2 nitrogen and oxygen atoms in total. The molecule has 0 amide bonds. The molecule has 0 aliphatic carbocycles. The Morgan fingerprint density at radius 2 is 1.90 bits per heavy atom. The normalized spacial score (nSPS) is 19.7. The molecule has 0 radical (unpaired) electrons. The SMILES string of the molecule is CCC1(CC)CN(CCCc2ccccc2)CCCN1. The molecule has 0 atom stereocenters. The summed E-state index contributed by atoms with van der Waals surface area (Å²) in [4.78, 5) is 2.68. The molecule has 1 heterocycles. The number of hydrogen-bond acceptors (Lipinski definition) is 2. The van der Waals surface area contributed by atoms with Gasteiger partial charge in [0, 0.05) is 12.1 Å². The van der Waals surface area contributed by atoms with Crippen LogP contribution < -0.4 is 5.32 Å². The summed E-state index contributed by atoms with van der Waals surface area (Å²) in [7, 11) is 0. The fraction of sp³-hybridized carbons (Fsp3) is 0.667. The van der Waals surface area contributed by atoms with Crippen LogP contribution in [0.25, 0.3) is 0 Å². The maximum atomic E-state index is 3.79. The van der Waals surface area contributed by atoms with Crippen LogP contribution in [0.3, 0.4) is 0 Å². The number of aryl methyl sites for hydroxylation is 1. The lowest BCUT2D eigenvalue weighted by Gasteiger charge is -2.35. The fourth-order valence-electron chi connectivity index (χ4n) is 3.29. The van der Waals surface area contributed by atoms with E-state index in [1.165, 1.54) is 63.8 Å². The molecule has 112 valence electrons. The lowest BCUT2D eigenvalue weighted by atomic mass is 9.92. The van der Waals surface area contributed by atoms with Crippen LogP contribution in [0.1, 0.15) is 45.1 Å². The lowest BCUT2D eigenvalue weighted by molar-refractivity contribution is 0.195. The molecule has 0 aromatic heterocycles. The maximum absolute atomic E-state index is 3.79. The van der Waals surface area contributed by atoms with Crippen LogP contribution in [-0.2, 0) is 6.42 Å². The second-order valence-electron chi connectivity index (χ2n) is 6.13. The molecule has 1 aliphatic rings. The number of benzene rings is 1. The summed E-state index contributed by atoms with van der Waals surface area (Å²) in [5.41, 5.74) is 1.82. The van der Waals surface area contributed by atoms with Gasteiger partial charge in [0.1, 0.15) is 0 Å². The van der Waals surface area contributed by atoms with E-state index in [-0.39, 0.29) is 0 Å². The minimum Gasteiger partial charge on any atom is -0.310 e. The molecule has 0 spiro atoms. The molecule has 1 aromatic rings. The first kappa shape index (κ1) is 15.5. The second kappa shape index (κ2) is 7.80. The van der Waals surface area contributed by atoms with Gasteiger partial charge in [-0.2, -0.15) is 0 Å². The van der Waals surface area contributed by atoms with Crippen molar-refractivity contribution < 1.29 is 0 Å². The molecule has 1 aliphatic heterocycles. The van der Waals surface area contributed by atoms with Crippen molar-refractivity contribution in [2.75, 3.05) is 26.2 Å². The Balaban J connectivity index is 1.82. The van der Waals surface area contributed by atoms with E-state index in [1.54, 1.807) is 0 Å². The van der Waals surface area contributed by atoms with Crippen LogP contribution in [-0.4, -0.2) is 36.6 Å². The molecule has 1 fully saturated rings. The number of rotatable bonds is 6. The first-order valence-electron chi connectivity index (χ1n) is 8.29. The van der Waals surface area contributed by atoms with E-state index in [4.69, 9.17) is 0 Å². The van der Waals surface area contributed by atoms with Gasteiger partial charge in [0.15, 0.2) is 0 Å². The summed E-state index contributed by atoms with van der Waals surface area (Å²) < 4.78 is 0. The van der Waals surface area contributed by atoms with Crippen molar-refractivity contribution in [2.45, 2.75) is 51.5 Å². The Kier molecular flexibility index (Phi) is 6.06. The van der Waals surface area contributed by atoms with Gasteiger partial charge in [0.2, 0.25) is 0 Å². The zero-order chi connectivity index (χ0) is 14.3. The van der Waals surface area contributed by atoms with Crippen molar-refractivity contribution in [2.24, 2.45) is 0 Å². The van der Waals surface area contributed by atoms with Crippen molar-refractivity contribution in [1.29, 1.82) is 0 Å². The standard InChI is InChI=1S/C18H30N2/c1-3-18(4-2)16-20(15-9-13-19-18)14-8-12-17-10-6-5-7-11-17/h5-7,10-11,19H,3-4,8-9,12-16H2,1-2H3. The average Bonchev–Trinajstić information content (AvgIpc) is 2.71. The summed E-state index contributed by atoms with van der Waals surface area (Å²) in [6, 6.07) is 10.9. The Morgan fingerprint density at radius 1 is 1.15 bits per heavy atom. The molecule has 0 unspecified atom stereocenters. The number of hydrogen-bond donors (Lipinski definition) is 1. The van der Waals surface area contributed by atoms with Gasteiger partial charge in [0.05, 0.1) is 0 Å². The summed E-state index contributed by atoms with van der Waals surface area (Å²) in [5.74, 6) is 0. The second-order valence-corrected chi connectivity index (χ2v) is 6.13. The van der Waals surface area contributed by atoms with Crippen molar-refractivity contribution in [3.05, 3.63) is 35.9 Å². The Bertz CT molecular complexity index is 370. The van der Waals surface area contributed by atoms with Gasteiger partial charge in [-0.3, -0.25) is 0 Å². The zero-order valence-corrected chi connectivity index (χ0v) is 13.2. The van der Waals surface area contributed by atoms with Crippen LogP contribution in [0.15, 0.2) is 30.3 Å². The quantitative estimate of drug-likeness (QED) is 0.854. The highest BCUT2D eigenvalue weighted by atomic mass is 15.2. The molecular weight excluding hydrogens is 244 g/mol. The van der Waals surface area contributed by atoms with E-state index < -0.39 is 0 Å². The zero-order valence-electron chi connectivity index (χ0n) is 13.2. The predicted molar refractivity (Wildman–Crippen MR) is 87.1 cm³/mol. The third kappa shape index (κ3) is 4.32. The molecule has 2 rings (SSSR count). The van der Waals surface area contributed by atoms with Crippen LogP contribution in [0.2, 0.25) is 0 Å². The van der Waals surface area contributed by atoms with Crippen molar-refractivity contribution in [3.8, 4) is 0 Å². The lowest BCUT2D eigenvalue weighted by Crippen LogP contribution is -2.50. The van der Waals surface area contributed by atoms with Crippen molar-refractivity contribution in [3.63, 3.8) is 0 Å². The third-order valence-corrected chi connectivity index (χ3v) is 4.81. The van der Waals surface area contributed by atoms with E-state index in [1.807, 2.05) is 0 Å². The Hall–Kier alpha value is -0.860. The smallest absolute Gasteiger partial charge is 0.0303 e. The molecule has 20 heavy (non-hydrogen) atoms. The molecule has 0 bridgehead atoms. The molecular formula is C18H30N2. The Labute approximate surface area is 124 Å². The predicted octanol–water partition coefficient (Wildman–Crippen LogP) is 3.47. The van der Waals surface area contributed by atoms with Crippen LogP contribution >= 0.6 is 0 Å². The third-order valence-electron chi connectivity index (χ3n) is 4.81. The molecule has 2 heteroatoms. The van der Waals surface area contributed by atoms with Gasteiger partial charge in [-0.25, -0.2) is 0 Å². The highest BCUT2D eigenvalue weighted by molar-refractivity contribution is 5.14. The van der Waals surface area contributed by atoms with E-state index in [2.05, 4.69) is 54.4 Å². The van der Waals surface area contributed by atoms with Gasteiger partial charge in [-0.1, -0.05) is 44.2 Å². The van der Waals surface area contributed by atoms with Gasteiger partial charge in [-0.05, 0) is 57.3 Å². The topological polar surface area (TPSA) is 15.3 Å². The number of nitrogens with zero attached hydrogens (tertiary/aromatic N) is 1. The van der Waals surface area contributed by atoms with E-state index >= 15 is 0 Å². The van der Waals surface area contributed by atoms with Gasteiger partial charge >= 0.3 is 0 Å². The first-order chi connectivity index (χ1) is 9.78. The number of nitrogens with one attached hydrogen (secondary N) is 1. The van der Waals surface area contributed by atoms with Gasteiger partial charge < -0.3 is 10.2 Å². The highest BCUT2D eigenvalue weighted by Gasteiger charge is 2.29. The molecule has 1 N–H and O–H groups in total. The maximum Gasteiger partial charge on any atom is 0.0303 e. The summed E-state index contributed by atoms with van der Waals surface area (Å²) in [5, 5.41) is 3.79. The summed E-state index contributed by atoms with van der Waals surface area (Å²) in [6.45, 7) is 9.53. The van der Waals surface area contributed by atoms with Crippen molar-refractivity contribution >= 4 is 0 Å². The summed E-state index contributed by atoms with van der Waals surface area (Å²) >= 11 is 0. The minimum absolute atomic E-state index is 0.350. The van der Waals surface area contributed by atoms with Crippen molar-refractivity contribution in [1.82, 2.24) is 10.2 Å². The van der Waals surface area contributed by atoms with Crippen LogP contribution in [0.5, 0.6) is 0 Å². The van der Waals surface area contributed by atoms with E-state index in [0.29, 0.717) is 5.54 Å². The van der Waals surface area contributed by atoms with Gasteiger partial charge in [0.25, 0.3) is 0 Å². The fourth-order valence-corrected chi connectivity index (χ4v) is 3.29. The molecule has 1 aromatic carbocycles. The molecule has 0 saturated carbocycles. The minimum atomic E-state index is 0.350. The molecule has 1 saturated heterocycles. The first-order valence-corrected chi connectivity index (χ1v) is 8.29. The van der Waals surface area contributed by atoms with Crippen LogP contribution in [0.4, 0.5) is 0 Å². The largest absolute Gasteiger partial charge is 0.310 e. The average molecular weight is 274 g/mol. The van der Waals surface area contributed by atoms with E-state index in [0.717, 1.165) is 0 Å². The van der Waals surface area contributed by atoms with Crippen LogP contribution in [0, 0.1) is 0 Å². The Morgan fingerprint density at radius 3 is 2.60 bits per heavy atom. The monoisotopic (exact) mass is 274 g/mol. The summed E-state index contributed by atoms with van der Waals surface area (Å²) in [6.07, 6.45) is 6.23. The van der Waals surface area contributed by atoms with Gasteiger partial charge in [-0.15, -0.1) is 0 Å².